The Morgan fingerprint density at radius 2 is 1.33 bits per heavy atom. The van der Waals surface area contributed by atoms with Crippen molar-refractivity contribution >= 4 is 0 Å². The SMILES string of the molecule is [2H]C(O)[C@H](O)[C@@H](O)[C@@H](O)[C@H](O)CO. The van der Waals surface area contributed by atoms with E-state index < -0.39 is 37.6 Å². The van der Waals surface area contributed by atoms with Crippen LogP contribution in [0.5, 0.6) is 0 Å². The molecule has 0 bridgehead atoms. The van der Waals surface area contributed by atoms with Crippen LogP contribution in [0.2, 0.25) is 0 Å². The van der Waals surface area contributed by atoms with Crippen molar-refractivity contribution in [2.75, 3.05) is 13.2 Å². The molecule has 6 nitrogen and oxygen atoms in total. The lowest BCUT2D eigenvalue weighted by molar-refractivity contribution is -0.123. The minimum atomic E-state index is -1.98. The lowest BCUT2D eigenvalue weighted by atomic mass is 10.0. The highest BCUT2D eigenvalue weighted by Crippen LogP contribution is 2.03. The molecule has 5 atom stereocenters. The maximum absolute atomic E-state index is 9.01. The molecule has 0 fully saturated rings. The molecule has 0 saturated heterocycles. The van der Waals surface area contributed by atoms with Gasteiger partial charge in [0.2, 0.25) is 0 Å². The second-order valence-electron chi connectivity index (χ2n) is 2.37. The van der Waals surface area contributed by atoms with Gasteiger partial charge in [0.1, 0.15) is 24.4 Å². The van der Waals surface area contributed by atoms with Crippen LogP contribution in [0.15, 0.2) is 0 Å². The molecule has 0 heterocycles. The van der Waals surface area contributed by atoms with Crippen molar-refractivity contribution in [3.05, 3.63) is 0 Å². The highest BCUT2D eigenvalue weighted by Gasteiger charge is 2.29. The number of aliphatic hydroxyl groups is 6. The molecule has 6 heteroatoms. The molecule has 0 amide bonds. The van der Waals surface area contributed by atoms with Gasteiger partial charge in [0.05, 0.1) is 14.6 Å². The molecule has 12 heavy (non-hydrogen) atoms. The van der Waals surface area contributed by atoms with Gasteiger partial charge in [-0.05, 0) is 0 Å². The molecule has 0 aromatic heterocycles. The summed E-state index contributed by atoms with van der Waals surface area (Å²) >= 11 is 0. The Bertz CT molecular complexity index is 143. The highest BCUT2D eigenvalue weighted by molar-refractivity contribution is 4.79. The molecule has 0 aliphatic carbocycles. The molecule has 0 aromatic carbocycles. The average Bonchev–Trinajstić information content (AvgIpc) is 2.12. The summed E-state index contributed by atoms with van der Waals surface area (Å²) in [4.78, 5) is 0. The summed E-state index contributed by atoms with van der Waals surface area (Å²) in [5, 5.41) is 52.5. The number of aliphatic hydroxyl groups excluding tert-OH is 6. The van der Waals surface area contributed by atoms with Crippen LogP contribution in [0, 0.1) is 0 Å². The molecule has 0 aliphatic heterocycles. The van der Waals surface area contributed by atoms with E-state index in [1.807, 2.05) is 0 Å². The fraction of sp³-hybridized carbons (Fsp3) is 1.00. The smallest absolute Gasteiger partial charge is 0.111 e. The van der Waals surface area contributed by atoms with E-state index in [2.05, 4.69) is 0 Å². The van der Waals surface area contributed by atoms with Crippen LogP contribution in [-0.4, -0.2) is 68.2 Å². The first-order valence-corrected chi connectivity index (χ1v) is 3.35. The summed E-state index contributed by atoms with van der Waals surface area (Å²) in [6.45, 7) is -2.77. The van der Waals surface area contributed by atoms with Gasteiger partial charge in [-0.25, -0.2) is 0 Å². The van der Waals surface area contributed by atoms with Crippen LogP contribution in [-0.2, 0) is 0 Å². The van der Waals surface area contributed by atoms with Crippen molar-refractivity contribution < 1.29 is 32.0 Å². The monoisotopic (exact) mass is 183 g/mol. The van der Waals surface area contributed by atoms with Crippen LogP contribution in [0.25, 0.3) is 0 Å². The molecular formula is C6H14O6. The van der Waals surface area contributed by atoms with Gasteiger partial charge in [0.15, 0.2) is 0 Å². The molecule has 74 valence electrons. The lowest BCUT2D eigenvalue weighted by Crippen LogP contribution is -2.46. The predicted octanol–water partition coefficient (Wildman–Crippen LogP) is -3.59. The van der Waals surface area contributed by atoms with E-state index in [4.69, 9.17) is 32.0 Å². The standard InChI is InChI=1S/C6H14O6/c7-1-3(9)5(11)6(12)4(10)2-8/h3-12H,1-2H2/t3-,4+,5+,6-/i1D/t1?,3-,4+,5+,6-/m0/s1. The van der Waals surface area contributed by atoms with Crippen LogP contribution in [0.4, 0.5) is 0 Å². The minimum absolute atomic E-state index is 0.793. The Morgan fingerprint density at radius 3 is 1.67 bits per heavy atom. The van der Waals surface area contributed by atoms with E-state index in [1.54, 1.807) is 0 Å². The lowest BCUT2D eigenvalue weighted by Gasteiger charge is -2.24. The van der Waals surface area contributed by atoms with Crippen molar-refractivity contribution in [3.63, 3.8) is 0 Å². The van der Waals surface area contributed by atoms with Crippen LogP contribution in [0.1, 0.15) is 1.37 Å². The summed E-state index contributed by atoms with van der Waals surface area (Å²) in [7, 11) is 0. The topological polar surface area (TPSA) is 121 Å². The van der Waals surface area contributed by atoms with Crippen molar-refractivity contribution in [2.24, 2.45) is 0 Å². The van der Waals surface area contributed by atoms with Gasteiger partial charge in [-0.3, -0.25) is 0 Å². The zero-order valence-electron chi connectivity index (χ0n) is 7.28. The van der Waals surface area contributed by atoms with Crippen molar-refractivity contribution in [1.82, 2.24) is 0 Å². The van der Waals surface area contributed by atoms with Crippen LogP contribution < -0.4 is 0 Å². The highest BCUT2D eigenvalue weighted by atomic mass is 16.4. The van der Waals surface area contributed by atoms with E-state index in [-0.39, 0.29) is 0 Å². The van der Waals surface area contributed by atoms with Crippen molar-refractivity contribution in [2.45, 2.75) is 24.4 Å². The van der Waals surface area contributed by atoms with Crippen molar-refractivity contribution in [1.29, 1.82) is 0 Å². The van der Waals surface area contributed by atoms with E-state index >= 15 is 0 Å². The first-order chi connectivity index (χ1) is 5.91. The van der Waals surface area contributed by atoms with Gasteiger partial charge >= 0.3 is 0 Å². The van der Waals surface area contributed by atoms with Gasteiger partial charge in [0.25, 0.3) is 0 Å². The molecule has 0 radical (unpaired) electrons. The zero-order valence-corrected chi connectivity index (χ0v) is 6.28. The molecule has 0 aliphatic rings. The molecule has 0 rings (SSSR count). The van der Waals surface area contributed by atoms with Gasteiger partial charge in [-0.15, -0.1) is 0 Å². The fourth-order valence-corrected chi connectivity index (χ4v) is 0.626. The summed E-state index contributed by atoms with van der Waals surface area (Å²) in [5.74, 6) is 0. The quantitative estimate of drug-likeness (QED) is 0.262. The largest absolute Gasteiger partial charge is 0.394 e. The summed E-state index contributed by atoms with van der Waals surface area (Å²) in [6.07, 6.45) is -7.20. The Kier molecular flexibility index (Phi) is 4.44. The third-order valence-corrected chi connectivity index (χ3v) is 1.43. The minimum Gasteiger partial charge on any atom is -0.394 e. The van der Waals surface area contributed by atoms with Gasteiger partial charge in [0, 0.05) is 0 Å². The normalized spacial score (nSPS) is 25.3. The Morgan fingerprint density at radius 1 is 0.917 bits per heavy atom. The summed E-state index contributed by atoms with van der Waals surface area (Å²) in [6, 6.07) is 0. The molecule has 0 saturated carbocycles. The van der Waals surface area contributed by atoms with E-state index in [0.717, 1.165) is 0 Å². The molecule has 0 spiro atoms. The summed E-state index contributed by atoms with van der Waals surface area (Å²) in [5.41, 5.74) is 0. The maximum atomic E-state index is 9.01. The first-order valence-electron chi connectivity index (χ1n) is 3.93. The van der Waals surface area contributed by atoms with Gasteiger partial charge < -0.3 is 30.6 Å². The first kappa shape index (κ1) is 9.85. The van der Waals surface area contributed by atoms with E-state index in [1.165, 1.54) is 0 Å². The maximum Gasteiger partial charge on any atom is 0.111 e. The second kappa shape index (κ2) is 5.41. The van der Waals surface area contributed by atoms with E-state index in [0.29, 0.717) is 0 Å². The number of rotatable bonds is 5. The molecule has 1 unspecified atom stereocenters. The third-order valence-electron chi connectivity index (χ3n) is 1.43. The predicted molar refractivity (Wildman–Crippen MR) is 38.2 cm³/mol. The molecule has 0 aromatic rings. The molecular weight excluding hydrogens is 168 g/mol. The Balaban J connectivity index is 4.15. The van der Waals surface area contributed by atoms with Crippen LogP contribution >= 0.6 is 0 Å². The summed E-state index contributed by atoms with van der Waals surface area (Å²) < 4.78 is 6.60. The average molecular weight is 183 g/mol. The van der Waals surface area contributed by atoms with Gasteiger partial charge in [-0.1, -0.05) is 0 Å². The van der Waals surface area contributed by atoms with Gasteiger partial charge in [-0.2, -0.15) is 0 Å². The third kappa shape index (κ3) is 3.02. The van der Waals surface area contributed by atoms with E-state index in [9.17, 15) is 0 Å². The molecule has 6 N–H and O–H groups in total. The van der Waals surface area contributed by atoms with Crippen LogP contribution in [0.3, 0.4) is 0 Å². The Labute approximate surface area is 70.7 Å². The Hall–Kier alpha value is -0.240. The number of hydrogen-bond acceptors (Lipinski definition) is 6. The fourth-order valence-electron chi connectivity index (χ4n) is 0.626. The zero-order chi connectivity index (χ0) is 10.6. The number of hydrogen-bond donors (Lipinski definition) is 6. The second-order valence-corrected chi connectivity index (χ2v) is 2.37. The van der Waals surface area contributed by atoms with Crippen molar-refractivity contribution in [3.8, 4) is 0 Å².